The Labute approximate surface area is 87.9 Å². The average Bonchev–Trinajstić information content (AvgIpc) is 2.53. The van der Waals surface area contributed by atoms with E-state index in [-0.39, 0.29) is 5.60 Å². The minimum atomic E-state index is -0.224. The van der Waals surface area contributed by atoms with Gasteiger partial charge in [-0.2, -0.15) is 0 Å². The molecule has 1 aliphatic rings. The number of nitrogens with one attached hydrogen (secondary N) is 1. The molecule has 0 saturated heterocycles. The van der Waals surface area contributed by atoms with Crippen LogP contribution in [0, 0.1) is 0 Å². The van der Waals surface area contributed by atoms with Crippen molar-refractivity contribution >= 4 is 16.5 Å². The molecular weight excluding hydrogens is 198 g/mol. The highest BCUT2D eigenvalue weighted by atomic mass is 32.1. The van der Waals surface area contributed by atoms with Gasteiger partial charge in [-0.1, -0.05) is 11.3 Å². The van der Waals surface area contributed by atoms with Gasteiger partial charge in [0.25, 0.3) is 0 Å². The maximum Gasteiger partial charge on any atom is 0.198 e. The Morgan fingerprint density at radius 3 is 2.79 bits per heavy atom. The molecule has 1 aliphatic heterocycles. The summed E-state index contributed by atoms with van der Waals surface area (Å²) in [6.45, 7) is 4.80. The lowest BCUT2D eigenvalue weighted by Gasteiger charge is -2.16. The predicted molar refractivity (Wildman–Crippen MR) is 57.2 cm³/mol. The molecule has 1 aromatic heterocycles. The topological polar surface area (TPSA) is 37.4 Å². The summed E-state index contributed by atoms with van der Waals surface area (Å²) in [5, 5.41) is 2.83. The van der Waals surface area contributed by atoms with Crippen LogP contribution in [0.1, 0.15) is 24.4 Å². The van der Waals surface area contributed by atoms with E-state index in [1.165, 1.54) is 4.88 Å². The van der Waals surface area contributed by atoms with Crippen molar-refractivity contribution in [3.05, 3.63) is 10.6 Å². The van der Waals surface area contributed by atoms with Crippen molar-refractivity contribution in [1.29, 1.82) is 0 Å². The second kappa shape index (κ2) is 3.18. The van der Waals surface area contributed by atoms with E-state index in [4.69, 9.17) is 4.74 Å². The van der Waals surface area contributed by atoms with E-state index in [9.17, 15) is 0 Å². The summed E-state index contributed by atoms with van der Waals surface area (Å²) in [6.07, 6.45) is 0. The fourth-order valence-corrected chi connectivity index (χ4v) is 2.58. The molecule has 5 heteroatoms. The number of hydrazine groups is 1. The number of thiazole rings is 1. The third kappa shape index (κ3) is 1.63. The van der Waals surface area contributed by atoms with E-state index < -0.39 is 0 Å². The van der Waals surface area contributed by atoms with Gasteiger partial charge in [-0.05, 0) is 13.8 Å². The van der Waals surface area contributed by atoms with Crippen LogP contribution in [-0.4, -0.2) is 24.1 Å². The number of hydrogen-bond acceptors (Lipinski definition) is 5. The summed E-state index contributed by atoms with van der Waals surface area (Å²) in [7, 11) is 3.91. The molecule has 0 atom stereocenters. The highest BCUT2D eigenvalue weighted by Crippen LogP contribution is 2.39. The van der Waals surface area contributed by atoms with Gasteiger partial charge >= 0.3 is 0 Å². The zero-order chi connectivity index (χ0) is 10.3. The maximum atomic E-state index is 5.62. The molecule has 0 aliphatic carbocycles. The summed E-state index contributed by atoms with van der Waals surface area (Å²) in [5.41, 5.74) is 4.01. The molecule has 4 nitrogen and oxygen atoms in total. The Kier molecular flexibility index (Phi) is 2.25. The van der Waals surface area contributed by atoms with Crippen LogP contribution in [0.3, 0.4) is 0 Å². The molecule has 2 heterocycles. The molecule has 1 N–H and O–H groups in total. The molecular formula is C9H15N3OS. The minimum absolute atomic E-state index is 0.224. The standard InChI is InChI=1S/C9H15N3OS/c1-9(2)7-6(5-13-9)14-8(10-7)11-12(3)4/h5H2,1-4H3,(H,10,11). The second-order valence-corrected chi connectivity index (χ2v) is 5.18. The molecule has 1 aromatic rings. The van der Waals surface area contributed by atoms with Gasteiger partial charge in [0.05, 0.1) is 17.2 Å². The molecule has 0 radical (unpaired) electrons. The van der Waals surface area contributed by atoms with Gasteiger partial charge in [-0.3, -0.25) is 5.43 Å². The zero-order valence-electron chi connectivity index (χ0n) is 8.92. The molecule has 0 unspecified atom stereocenters. The second-order valence-electron chi connectivity index (χ2n) is 4.10. The van der Waals surface area contributed by atoms with Crippen LogP contribution in [0.5, 0.6) is 0 Å². The van der Waals surface area contributed by atoms with Gasteiger partial charge in [0.2, 0.25) is 0 Å². The van der Waals surface area contributed by atoms with Crippen LogP contribution in [0.15, 0.2) is 0 Å². The molecule has 0 aromatic carbocycles. The Hall–Kier alpha value is -0.650. The van der Waals surface area contributed by atoms with Crippen LogP contribution in [0.4, 0.5) is 5.13 Å². The van der Waals surface area contributed by atoms with E-state index in [1.54, 1.807) is 11.3 Å². The van der Waals surface area contributed by atoms with E-state index in [0.29, 0.717) is 6.61 Å². The van der Waals surface area contributed by atoms with Crippen LogP contribution in [-0.2, 0) is 16.9 Å². The Bertz CT molecular complexity index is 346. The van der Waals surface area contributed by atoms with Crippen LogP contribution >= 0.6 is 11.3 Å². The molecule has 2 rings (SSSR count). The van der Waals surface area contributed by atoms with Crippen LogP contribution < -0.4 is 5.43 Å². The molecule has 0 saturated carbocycles. The Balaban J connectivity index is 2.26. The van der Waals surface area contributed by atoms with Crippen molar-refractivity contribution in [2.45, 2.75) is 26.1 Å². The lowest BCUT2D eigenvalue weighted by molar-refractivity contribution is -0.00983. The smallest absolute Gasteiger partial charge is 0.198 e. The number of rotatable bonds is 2. The van der Waals surface area contributed by atoms with Crippen molar-refractivity contribution in [3.8, 4) is 0 Å². The highest BCUT2D eigenvalue weighted by molar-refractivity contribution is 7.15. The molecule has 14 heavy (non-hydrogen) atoms. The summed E-state index contributed by atoms with van der Waals surface area (Å²) >= 11 is 1.66. The largest absolute Gasteiger partial charge is 0.364 e. The fourth-order valence-electron chi connectivity index (χ4n) is 1.47. The first-order valence-corrected chi connectivity index (χ1v) is 5.39. The van der Waals surface area contributed by atoms with E-state index >= 15 is 0 Å². The molecule has 0 amide bonds. The van der Waals surface area contributed by atoms with Crippen molar-refractivity contribution in [2.75, 3.05) is 19.5 Å². The van der Waals surface area contributed by atoms with Gasteiger partial charge in [0, 0.05) is 14.1 Å². The normalized spacial score (nSPS) is 18.6. The van der Waals surface area contributed by atoms with Crippen molar-refractivity contribution in [2.24, 2.45) is 0 Å². The summed E-state index contributed by atoms with van der Waals surface area (Å²) in [6, 6.07) is 0. The van der Waals surface area contributed by atoms with Gasteiger partial charge in [-0.25, -0.2) is 9.99 Å². The summed E-state index contributed by atoms with van der Waals surface area (Å²) < 4.78 is 5.62. The Morgan fingerprint density at radius 1 is 1.50 bits per heavy atom. The Morgan fingerprint density at radius 2 is 2.21 bits per heavy atom. The molecule has 0 fully saturated rings. The third-order valence-electron chi connectivity index (χ3n) is 2.15. The average molecular weight is 213 g/mol. The van der Waals surface area contributed by atoms with Gasteiger partial charge < -0.3 is 4.74 Å². The number of fused-ring (bicyclic) bond motifs is 1. The highest BCUT2D eigenvalue weighted by Gasteiger charge is 2.34. The molecule has 0 bridgehead atoms. The fraction of sp³-hybridized carbons (Fsp3) is 0.667. The minimum Gasteiger partial charge on any atom is -0.364 e. The van der Waals surface area contributed by atoms with Gasteiger partial charge in [0.1, 0.15) is 5.60 Å². The lowest BCUT2D eigenvalue weighted by atomic mass is 10.1. The number of ether oxygens (including phenoxy) is 1. The molecule has 78 valence electrons. The first kappa shape index (κ1) is 9.89. The summed E-state index contributed by atoms with van der Waals surface area (Å²) in [5.74, 6) is 0. The monoisotopic (exact) mass is 213 g/mol. The van der Waals surface area contributed by atoms with Crippen molar-refractivity contribution in [3.63, 3.8) is 0 Å². The molecule has 0 spiro atoms. The zero-order valence-corrected chi connectivity index (χ0v) is 9.73. The maximum absolute atomic E-state index is 5.62. The van der Waals surface area contributed by atoms with E-state index in [2.05, 4.69) is 24.3 Å². The SMILES string of the molecule is CN(C)Nc1nc2c(s1)COC2(C)C. The van der Waals surface area contributed by atoms with E-state index in [1.807, 2.05) is 19.1 Å². The van der Waals surface area contributed by atoms with Crippen molar-refractivity contribution in [1.82, 2.24) is 9.99 Å². The van der Waals surface area contributed by atoms with Gasteiger partial charge in [-0.15, -0.1) is 0 Å². The lowest BCUT2D eigenvalue weighted by Crippen LogP contribution is -2.20. The van der Waals surface area contributed by atoms with Crippen molar-refractivity contribution < 1.29 is 4.74 Å². The van der Waals surface area contributed by atoms with Gasteiger partial charge in [0.15, 0.2) is 5.13 Å². The number of anilines is 1. The van der Waals surface area contributed by atoms with E-state index in [0.717, 1.165) is 10.8 Å². The van der Waals surface area contributed by atoms with Crippen LogP contribution in [0.2, 0.25) is 0 Å². The quantitative estimate of drug-likeness (QED) is 0.760. The number of hydrogen-bond donors (Lipinski definition) is 1. The summed E-state index contributed by atoms with van der Waals surface area (Å²) in [4.78, 5) is 5.76. The predicted octanol–water partition coefficient (Wildman–Crippen LogP) is 1.80. The number of aromatic nitrogens is 1. The third-order valence-corrected chi connectivity index (χ3v) is 3.08. The first-order chi connectivity index (χ1) is 6.49. The first-order valence-electron chi connectivity index (χ1n) is 4.57. The van der Waals surface area contributed by atoms with Crippen LogP contribution in [0.25, 0.3) is 0 Å². The number of nitrogens with zero attached hydrogens (tertiary/aromatic N) is 2.